The summed E-state index contributed by atoms with van der Waals surface area (Å²) in [4.78, 5) is 2.39. The van der Waals surface area contributed by atoms with Crippen LogP contribution in [0.3, 0.4) is 0 Å². The second-order valence-electron chi connectivity index (χ2n) is 15.3. The molecule has 48 heavy (non-hydrogen) atoms. The molecule has 1 saturated carbocycles. The van der Waals surface area contributed by atoms with Crippen molar-refractivity contribution in [3.8, 4) is 0 Å². The van der Waals surface area contributed by atoms with Crippen molar-refractivity contribution >= 4 is 0 Å². The second kappa shape index (κ2) is 29.6. The molecular formula is C45H81NO2. The highest BCUT2D eigenvalue weighted by Gasteiger charge is 2.49. The molecule has 0 aromatic heterocycles. The van der Waals surface area contributed by atoms with Gasteiger partial charge in [-0.2, -0.15) is 0 Å². The molecule has 3 atom stereocenters. The molecule has 3 nitrogen and oxygen atoms in total. The Labute approximate surface area is 300 Å². The van der Waals surface area contributed by atoms with Crippen molar-refractivity contribution in [1.82, 2.24) is 4.90 Å². The SMILES string of the molecule is CCCCC/C=C\C/C=C\CCCCCCCCC1(CCCCCCCC/C=C\C/C=C\CCCCC)O[C@H]2CC[C@@H](N(C)C)C[C@H]2O1. The van der Waals surface area contributed by atoms with Crippen molar-refractivity contribution in [2.75, 3.05) is 14.1 Å². The van der Waals surface area contributed by atoms with Gasteiger partial charge in [0.2, 0.25) is 0 Å². The van der Waals surface area contributed by atoms with Gasteiger partial charge in [0.25, 0.3) is 0 Å². The summed E-state index contributed by atoms with van der Waals surface area (Å²) in [5.74, 6) is -0.318. The summed E-state index contributed by atoms with van der Waals surface area (Å²) in [5.41, 5.74) is 0. The molecule has 0 aromatic rings. The van der Waals surface area contributed by atoms with E-state index in [-0.39, 0.29) is 5.79 Å². The van der Waals surface area contributed by atoms with Gasteiger partial charge in [0, 0.05) is 18.9 Å². The van der Waals surface area contributed by atoms with Gasteiger partial charge in [-0.1, -0.05) is 140 Å². The fourth-order valence-corrected chi connectivity index (χ4v) is 7.51. The van der Waals surface area contributed by atoms with E-state index in [0.29, 0.717) is 18.2 Å². The molecular weight excluding hydrogens is 587 g/mol. The van der Waals surface area contributed by atoms with E-state index in [1.165, 1.54) is 148 Å². The van der Waals surface area contributed by atoms with Crippen LogP contribution in [0.5, 0.6) is 0 Å². The molecule has 1 aliphatic heterocycles. The second-order valence-corrected chi connectivity index (χ2v) is 15.3. The Morgan fingerprint density at radius 2 is 0.875 bits per heavy atom. The topological polar surface area (TPSA) is 21.7 Å². The molecule has 0 bridgehead atoms. The van der Waals surface area contributed by atoms with Crippen molar-refractivity contribution in [2.24, 2.45) is 0 Å². The molecule has 1 saturated heterocycles. The van der Waals surface area contributed by atoms with Gasteiger partial charge in [0.15, 0.2) is 5.79 Å². The summed E-state index contributed by atoms with van der Waals surface area (Å²) in [6, 6.07) is 0.634. The van der Waals surface area contributed by atoms with Crippen LogP contribution in [0, 0.1) is 0 Å². The van der Waals surface area contributed by atoms with Gasteiger partial charge in [0.05, 0.1) is 12.2 Å². The minimum absolute atomic E-state index is 0.292. The molecule has 2 fully saturated rings. The smallest absolute Gasteiger partial charge is 0.169 e. The highest BCUT2D eigenvalue weighted by molar-refractivity contribution is 4.95. The third-order valence-electron chi connectivity index (χ3n) is 10.7. The summed E-state index contributed by atoms with van der Waals surface area (Å²) in [7, 11) is 4.45. The molecule has 1 heterocycles. The van der Waals surface area contributed by atoms with Crippen LogP contribution in [-0.2, 0) is 9.47 Å². The van der Waals surface area contributed by atoms with Crippen molar-refractivity contribution in [3.63, 3.8) is 0 Å². The van der Waals surface area contributed by atoms with Gasteiger partial charge in [0.1, 0.15) is 0 Å². The summed E-state index contributed by atoms with van der Waals surface area (Å²) in [6.45, 7) is 4.54. The lowest BCUT2D eigenvalue weighted by Crippen LogP contribution is -2.40. The number of allylic oxidation sites excluding steroid dienone is 8. The van der Waals surface area contributed by atoms with Crippen LogP contribution < -0.4 is 0 Å². The molecule has 0 amide bonds. The third-order valence-corrected chi connectivity index (χ3v) is 10.7. The predicted octanol–water partition coefficient (Wildman–Crippen LogP) is 14.0. The van der Waals surface area contributed by atoms with Gasteiger partial charge < -0.3 is 14.4 Å². The molecule has 278 valence electrons. The molecule has 2 rings (SSSR count). The number of unbranched alkanes of at least 4 members (excludes halogenated alkanes) is 18. The number of fused-ring (bicyclic) bond motifs is 1. The van der Waals surface area contributed by atoms with E-state index >= 15 is 0 Å². The molecule has 0 radical (unpaired) electrons. The standard InChI is InChI=1S/C45H81NO2/c1-5-7-9-11-13-15-17-19-21-23-25-27-29-31-33-35-39-45(47-43-38-37-42(46(3)4)41-44(43)48-45)40-36-34-32-30-28-26-24-22-20-18-16-14-12-10-8-6-2/h13-16,19-22,42-44H,5-12,17-18,23-41H2,1-4H3/b15-13-,16-14-,21-19-,22-20-/t42-,43+,44-/m1/s1. The summed E-state index contributed by atoms with van der Waals surface area (Å²) in [6.07, 6.45) is 56.3. The first kappa shape index (κ1) is 43.0. The number of ether oxygens (including phenoxy) is 2. The van der Waals surface area contributed by atoms with E-state index in [4.69, 9.17) is 9.47 Å². The highest BCUT2D eigenvalue weighted by Crippen LogP contribution is 2.43. The monoisotopic (exact) mass is 668 g/mol. The van der Waals surface area contributed by atoms with Crippen LogP contribution in [0.2, 0.25) is 0 Å². The largest absolute Gasteiger partial charge is 0.344 e. The third kappa shape index (κ3) is 21.1. The Hall–Kier alpha value is -1.16. The molecule has 1 aliphatic carbocycles. The van der Waals surface area contributed by atoms with Gasteiger partial charge in [-0.3, -0.25) is 0 Å². The van der Waals surface area contributed by atoms with Crippen LogP contribution in [0.25, 0.3) is 0 Å². The van der Waals surface area contributed by atoms with Crippen molar-refractivity contribution in [1.29, 1.82) is 0 Å². The zero-order valence-corrected chi connectivity index (χ0v) is 32.6. The average Bonchev–Trinajstić information content (AvgIpc) is 3.45. The van der Waals surface area contributed by atoms with E-state index in [1.807, 2.05) is 0 Å². The van der Waals surface area contributed by atoms with Gasteiger partial charge in [-0.25, -0.2) is 0 Å². The lowest BCUT2D eigenvalue weighted by atomic mass is 9.90. The maximum Gasteiger partial charge on any atom is 0.169 e. The zero-order valence-electron chi connectivity index (χ0n) is 32.6. The first-order valence-electron chi connectivity index (χ1n) is 21.2. The predicted molar refractivity (Wildman–Crippen MR) is 212 cm³/mol. The van der Waals surface area contributed by atoms with Gasteiger partial charge in [-0.15, -0.1) is 0 Å². The first-order valence-corrected chi connectivity index (χ1v) is 21.2. The normalized spacial score (nSPS) is 21.2. The maximum absolute atomic E-state index is 6.91. The van der Waals surface area contributed by atoms with Crippen LogP contribution in [0.15, 0.2) is 48.6 Å². The van der Waals surface area contributed by atoms with Crippen molar-refractivity contribution in [2.45, 2.75) is 224 Å². The maximum atomic E-state index is 6.91. The summed E-state index contributed by atoms with van der Waals surface area (Å²) < 4.78 is 13.8. The fraction of sp³-hybridized carbons (Fsp3) is 0.822. The quantitative estimate of drug-likeness (QED) is 0.0542. The molecule has 0 N–H and O–H groups in total. The lowest BCUT2D eigenvalue weighted by Gasteiger charge is -2.33. The van der Waals surface area contributed by atoms with Crippen LogP contribution >= 0.6 is 0 Å². The van der Waals surface area contributed by atoms with Crippen LogP contribution in [-0.4, -0.2) is 43.0 Å². The molecule has 0 spiro atoms. The van der Waals surface area contributed by atoms with Crippen molar-refractivity contribution < 1.29 is 9.47 Å². The molecule has 2 aliphatic rings. The van der Waals surface area contributed by atoms with E-state index < -0.39 is 0 Å². The van der Waals surface area contributed by atoms with Gasteiger partial charge >= 0.3 is 0 Å². The van der Waals surface area contributed by atoms with E-state index in [2.05, 4.69) is 81.5 Å². The first-order chi connectivity index (χ1) is 23.6. The van der Waals surface area contributed by atoms with Crippen LogP contribution in [0.1, 0.15) is 200 Å². The van der Waals surface area contributed by atoms with Gasteiger partial charge in [-0.05, 0) is 110 Å². The highest BCUT2D eigenvalue weighted by atomic mass is 16.8. The fourth-order valence-electron chi connectivity index (χ4n) is 7.51. The minimum Gasteiger partial charge on any atom is -0.344 e. The molecule has 3 heteroatoms. The lowest BCUT2D eigenvalue weighted by molar-refractivity contribution is -0.186. The summed E-state index contributed by atoms with van der Waals surface area (Å²) in [5, 5.41) is 0. The Morgan fingerprint density at radius 1 is 0.479 bits per heavy atom. The molecule has 0 unspecified atom stereocenters. The van der Waals surface area contributed by atoms with Crippen LogP contribution in [0.4, 0.5) is 0 Å². The summed E-state index contributed by atoms with van der Waals surface area (Å²) >= 11 is 0. The molecule has 0 aromatic carbocycles. The number of hydrogen-bond acceptors (Lipinski definition) is 3. The Bertz CT molecular complexity index is 794. The Balaban J connectivity index is 1.59. The Kier molecular flexibility index (Phi) is 26.5. The van der Waals surface area contributed by atoms with Crippen molar-refractivity contribution in [3.05, 3.63) is 48.6 Å². The van der Waals surface area contributed by atoms with E-state index in [9.17, 15) is 0 Å². The zero-order chi connectivity index (χ0) is 34.4. The minimum atomic E-state index is -0.318. The Morgan fingerprint density at radius 3 is 1.31 bits per heavy atom. The number of rotatable bonds is 31. The number of nitrogens with zero attached hydrogens (tertiary/aromatic N) is 1. The van der Waals surface area contributed by atoms with E-state index in [0.717, 1.165) is 38.5 Å². The van der Waals surface area contributed by atoms with E-state index in [1.54, 1.807) is 0 Å². The number of hydrogen-bond donors (Lipinski definition) is 0. The average molecular weight is 668 g/mol.